The highest BCUT2D eigenvalue weighted by molar-refractivity contribution is 5.76. The van der Waals surface area contributed by atoms with Crippen LogP contribution >= 0.6 is 0 Å². The predicted molar refractivity (Wildman–Crippen MR) is 85.0 cm³/mol. The number of carbonyl (C=O) groups is 1. The number of carbonyl (C=O) groups excluding carboxylic acids is 1. The molecule has 0 aliphatic rings. The van der Waals surface area contributed by atoms with Crippen LogP contribution in [-0.2, 0) is 11.2 Å². The smallest absolute Gasteiger partial charge is 0.220 e. The van der Waals surface area contributed by atoms with Crippen molar-refractivity contribution in [2.45, 2.75) is 52.5 Å². The van der Waals surface area contributed by atoms with Gasteiger partial charge in [-0.2, -0.15) is 0 Å². The van der Waals surface area contributed by atoms with E-state index in [0.29, 0.717) is 24.9 Å². The minimum absolute atomic E-state index is 0.127. The molecule has 0 aromatic heterocycles. The van der Waals surface area contributed by atoms with E-state index in [-0.39, 0.29) is 5.91 Å². The first kappa shape index (κ1) is 16.7. The van der Waals surface area contributed by atoms with E-state index < -0.39 is 0 Å². The van der Waals surface area contributed by atoms with Gasteiger partial charge in [0.2, 0.25) is 5.91 Å². The minimum Gasteiger partial charge on any atom is -0.355 e. The molecule has 0 heterocycles. The van der Waals surface area contributed by atoms with Gasteiger partial charge in [-0.05, 0) is 36.9 Å². The quantitative estimate of drug-likeness (QED) is 0.766. The van der Waals surface area contributed by atoms with Crippen molar-refractivity contribution in [3.05, 3.63) is 35.4 Å². The van der Waals surface area contributed by atoms with Crippen LogP contribution in [0.1, 0.15) is 51.2 Å². The third-order valence-corrected chi connectivity index (χ3v) is 3.45. The average molecular weight is 276 g/mol. The summed E-state index contributed by atoms with van der Waals surface area (Å²) in [6, 6.07) is 8.90. The molecular formula is C17H28N2O. The third kappa shape index (κ3) is 6.20. The number of nitrogens with one attached hydrogen (secondary N) is 2. The molecule has 0 fully saturated rings. The topological polar surface area (TPSA) is 41.1 Å². The Balaban J connectivity index is 2.30. The first-order valence-electron chi connectivity index (χ1n) is 7.61. The second-order valence-corrected chi connectivity index (χ2v) is 5.66. The normalized spacial score (nSPS) is 12.4. The molecule has 112 valence electrons. The van der Waals surface area contributed by atoms with Crippen LogP contribution in [0.5, 0.6) is 0 Å². The molecule has 0 aliphatic carbocycles. The Morgan fingerprint density at radius 3 is 2.35 bits per heavy atom. The maximum atomic E-state index is 11.8. The van der Waals surface area contributed by atoms with E-state index in [1.54, 1.807) is 0 Å². The van der Waals surface area contributed by atoms with Crippen LogP contribution in [0.2, 0.25) is 0 Å². The molecule has 0 saturated heterocycles. The number of amides is 1. The van der Waals surface area contributed by atoms with Crippen LogP contribution in [-0.4, -0.2) is 25.0 Å². The zero-order valence-electron chi connectivity index (χ0n) is 13.2. The Kier molecular flexibility index (Phi) is 7.31. The van der Waals surface area contributed by atoms with Crippen LogP contribution < -0.4 is 10.6 Å². The Morgan fingerprint density at radius 2 is 1.80 bits per heavy atom. The van der Waals surface area contributed by atoms with E-state index >= 15 is 0 Å². The van der Waals surface area contributed by atoms with Crippen LogP contribution in [0, 0.1) is 0 Å². The summed E-state index contributed by atoms with van der Waals surface area (Å²) in [5.74, 6) is 0.683. The SMILES string of the molecule is CCN[C@H](C)CNC(=O)CCc1ccc(C(C)C)cc1. The van der Waals surface area contributed by atoms with Gasteiger partial charge in [-0.15, -0.1) is 0 Å². The monoisotopic (exact) mass is 276 g/mol. The fourth-order valence-corrected chi connectivity index (χ4v) is 2.10. The van der Waals surface area contributed by atoms with Crippen molar-refractivity contribution in [1.82, 2.24) is 10.6 Å². The Hall–Kier alpha value is -1.35. The van der Waals surface area contributed by atoms with Crippen LogP contribution in [0.3, 0.4) is 0 Å². The summed E-state index contributed by atoms with van der Waals surface area (Å²) in [5.41, 5.74) is 2.57. The maximum absolute atomic E-state index is 11.8. The van der Waals surface area contributed by atoms with E-state index in [4.69, 9.17) is 0 Å². The summed E-state index contributed by atoms with van der Waals surface area (Å²) in [5, 5.41) is 6.24. The highest BCUT2D eigenvalue weighted by atomic mass is 16.1. The summed E-state index contributed by atoms with van der Waals surface area (Å²) in [4.78, 5) is 11.8. The number of benzene rings is 1. The fourth-order valence-electron chi connectivity index (χ4n) is 2.10. The average Bonchev–Trinajstić information content (AvgIpc) is 2.43. The largest absolute Gasteiger partial charge is 0.355 e. The molecule has 0 aliphatic heterocycles. The number of hydrogen-bond acceptors (Lipinski definition) is 2. The Labute approximate surface area is 123 Å². The van der Waals surface area contributed by atoms with E-state index in [1.807, 2.05) is 0 Å². The minimum atomic E-state index is 0.127. The van der Waals surface area contributed by atoms with Crippen molar-refractivity contribution < 1.29 is 4.79 Å². The number of rotatable bonds is 8. The highest BCUT2D eigenvalue weighted by Gasteiger charge is 2.05. The van der Waals surface area contributed by atoms with Crippen molar-refractivity contribution in [2.24, 2.45) is 0 Å². The van der Waals surface area contributed by atoms with E-state index in [9.17, 15) is 4.79 Å². The molecule has 0 radical (unpaired) electrons. The summed E-state index contributed by atoms with van der Waals surface area (Å²) in [6.07, 6.45) is 1.36. The zero-order chi connectivity index (χ0) is 15.0. The van der Waals surface area contributed by atoms with Gasteiger partial charge in [0.25, 0.3) is 0 Å². The summed E-state index contributed by atoms with van der Waals surface area (Å²) in [6.45, 7) is 10.1. The molecule has 3 heteroatoms. The molecule has 1 aromatic carbocycles. The third-order valence-electron chi connectivity index (χ3n) is 3.45. The first-order chi connectivity index (χ1) is 9.52. The van der Waals surface area contributed by atoms with Crippen molar-refractivity contribution in [3.8, 4) is 0 Å². The van der Waals surface area contributed by atoms with Gasteiger partial charge in [-0.1, -0.05) is 45.0 Å². The van der Waals surface area contributed by atoms with Crippen molar-refractivity contribution in [1.29, 1.82) is 0 Å². The highest BCUT2D eigenvalue weighted by Crippen LogP contribution is 2.15. The van der Waals surface area contributed by atoms with Crippen LogP contribution in [0.25, 0.3) is 0 Å². The van der Waals surface area contributed by atoms with Gasteiger partial charge in [0.1, 0.15) is 0 Å². The molecule has 20 heavy (non-hydrogen) atoms. The van der Waals surface area contributed by atoms with Gasteiger partial charge in [0.05, 0.1) is 0 Å². The van der Waals surface area contributed by atoms with E-state index in [0.717, 1.165) is 13.0 Å². The summed E-state index contributed by atoms with van der Waals surface area (Å²) >= 11 is 0. The van der Waals surface area contributed by atoms with E-state index in [1.165, 1.54) is 11.1 Å². The zero-order valence-corrected chi connectivity index (χ0v) is 13.2. The van der Waals surface area contributed by atoms with Gasteiger partial charge < -0.3 is 10.6 Å². The maximum Gasteiger partial charge on any atom is 0.220 e. The predicted octanol–water partition coefficient (Wildman–Crippen LogP) is 2.86. The van der Waals surface area contributed by atoms with Crippen LogP contribution in [0.15, 0.2) is 24.3 Å². The fraction of sp³-hybridized carbons (Fsp3) is 0.588. The molecule has 1 rings (SSSR count). The van der Waals surface area contributed by atoms with Gasteiger partial charge in [0, 0.05) is 19.0 Å². The molecule has 0 saturated carbocycles. The van der Waals surface area contributed by atoms with Gasteiger partial charge in [-0.3, -0.25) is 4.79 Å². The number of aryl methyl sites for hydroxylation is 1. The second-order valence-electron chi connectivity index (χ2n) is 5.66. The molecule has 1 amide bonds. The lowest BCUT2D eigenvalue weighted by molar-refractivity contribution is -0.121. The number of hydrogen-bond donors (Lipinski definition) is 2. The molecule has 1 atom stereocenters. The van der Waals surface area contributed by atoms with Crippen molar-refractivity contribution in [3.63, 3.8) is 0 Å². The summed E-state index contributed by atoms with van der Waals surface area (Å²) in [7, 11) is 0. The number of likely N-dealkylation sites (N-methyl/N-ethyl adjacent to an activating group) is 1. The Morgan fingerprint density at radius 1 is 1.15 bits per heavy atom. The molecular weight excluding hydrogens is 248 g/mol. The molecule has 0 unspecified atom stereocenters. The lowest BCUT2D eigenvalue weighted by atomic mass is 10.0. The first-order valence-corrected chi connectivity index (χ1v) is 7.61. The van der Waals surface area contributed by atoms with Gasteiger partial charge in [0.15, 0.2) is 0 Å². The van der Waals surface area contributed by atoms with Crippen LogP contribution in [0.4, 0.5) is 0 Å². The molecule has 1 aromatic rings. The second kappa shape index (κ2) is 8.75. The Bertz CT molecular complexity index is 398. The standard InChI is InChI=1S/C17H28N2O/c1-5-18-14(4)12-19-17(20)11-8-15-6-9-16(10-7-15)13(2)3/h6-7,9-10,13-14,18H,5,8,11-12H2,1-4H3,(H,19,20)/t14-/m1/s1. The summed E-state index contributed by atoms with van der Waals surface area (Å²) < 4.78 is 0. The molecule has 0 bridgehead atoms. The lowest BCUT2D eigenvalue weighted by Gasteiger charge is -2.13. The van der Waals surface area contributed by atoms with E-state index in [2.05, 4.69) is 62.6 Å². The van der Waals surface area contributed by atoms with Gasteiger partial charge >= 0.3 is 0 Å². The lowest BCUT2D eigenvalue weighted by Crippen LogP contribution is -2.38. The molecule has 3 nitrogen and oxygen atoms in total. The van der Waals surface area contributed by atoms with Crippen molar-refractivity contribution in [2.75, 3.05) is 13.1 Å². The van der Waals surface area contributed by atoms with Gasteiger partial charge in [-0.25, -0.2) is 0 Å². The molecule has 2 N–H and O–H groups in total. The van der Waals surface area contributed by atoms with Crippen molar-refractivity contribution >= 4 is 5.91 Å². The molecule has 0 spiro atoms.